The SMILES string of the molecule is CSCCC(C)N(C)c1cc(Br)ccc1CNC1CC1. The lowest BCUT2D eigenvalue weighted by Crippen LogP contribution is -2.31. The molecule has 0 bridgehead atoms. The van der Waals surface area contributed by atoms with Gasteiger partial charge in [-0.25, -0.2) is 0 Å². The first-order valence-electron chi connectivity index (χ1n) is 7.35. The Labute approximate surface area is 135 Å². The molecule has 0 aliphatic heterocycles. The van der Waals surface area contributed by atoms with Gasteiger partial charge in [-0.15, -0.1) is 0 Å². The first kappa shape index (κ1) is 16.2. The van der Waals surface area contributed by atoms with Crippen molar-refractivity contribution in [1.82, 2.24) is 5.32 Å². The molecule has 0 saturated heterocycles. The average molecular weight is 357 g/mol. The van der Waals surface area contributed by atoms with E-state index < -0.39 is 0 Å². The number of hydrogen-bond donors (Lipinski definition) is 1. The van der Waals surface area contributed by atoms with Crippen LogP contribution in [-0.2, 0) is 6.54 Å². The van der Waals surface area contributed by atoms with Gasteiger partial charge in [-0.2, -0.15) is 11.8 Å². The van der Waals surface area contributed by atoms with Gasteiger partial charge in [-0.05, 0) is 55.9 Å². The number of halogens is 1. The van der Waals surface area contributed by atoms with Gasteiger partial charge in [0.1, 0.15) is 0 Å². The normalized spacial score (nSPS) is 16.2. The molecule has 1 fully saturated rings. The average Bonchev–Trinajstić information content (AvgIpc) is 3.26. The third-order valence-corrected chi connectivity index (χ3v) is 5.12. The Kier molecular flexibility index (Phi) is 6.24. The Hall–Kier alpha value is -0.190. The summed E-state index contributed by atoms with van der Waals surface area (Å²) in [6.07, 6.45) is 6.08. The second-order valence-corrected chi connectivity index (χ2v) is 7.57. The molecular weight excluding hydrogens is 332 g/mol. The summed E-state index contributed by atoms with van der Waals surface area (Å²) < 4.78 is 1.16. The maximum Gasteiger partial charge on any atom is 0.0422 e. The van der Waals surface area contributed by atoms with Crippen molar-refractivity contribution in [2.75, 3.05) is 24.0 Å². The van der Waals surface area contributed by atoms with E-state index in [1.807, 2.05) is 11.8 Å². The zero-order chi connectivity index (χ0) is 14.5. The summed E-state index contributed by atoms with van der Waals surface area (Å²) in [4.78, 5) is 2.42. The van der Waals surface area contributed by atoms with E-state index in [4.69, 9.17) is 0 Å². The van der Waals surface area contributed by atoms with Gasteiger partial charge in [0.15, 0.2) is 0 Å². The summed E-state index contributed by atoms with van der Waals surface area (Å²) in [6.45, 7) is 3.29. The highest BCUT2D eigenvalue weighted by Gasteiger charge is 2.21. The lowest BCUT2D eigenvalue weighted by molar-refractivity contribution is 0.653. The van der Waals surface area contributed by atoms with Gasteiger partial charge in [0.25, 0.3) is 0 Å². The first-order valence-corrected chi connectivity index (χ1v) is 9.54. The summed E-state index contributed by atoms with van der Waals surface area (Å²) in [5.41, 5.74) is 2.75. The summed E-state index contributed by atoms with van der Waals surface area (Å²) in [6, 6.07) is 7.96. The van der Waals surface area contributed by atoms with Gasteiger partial charge in [0.05, 0.1) is 0 Å². The fourth-order valence-electron chi connectivity index (χ4n) is 2.28. The molecule has 2 nitrogen and oxygen atoms in total. The standard InChI is InChI=1S/C16H25BrN2S/c1-12(8-9-20-3)19(2)16-10-14(17)5-4-13(16)11-18-15-6-7-15/h4-5,10,12,15,18H,6-9,11H2,1-3H3. The van der Waals surface area contributed by atoms with Gasteiger partial charge in [0, 0.05) is 35.8 Å². The van der Waals surface area contributed by atoms with Crippen molar-refractivity contribution < 1.29 is 0 Å². The molecule has 0 spiro atoms. The number of nitrogens with zero attached hydrogens (tertiary/aromatic N) is 1. The van der Waals surface area contributed by atoms with Crippen molar-refractivity contribution in [3.8, 4) is 0 Å². The molecule has 1 aromatic rings. The minimum absolute atomic E-state index is 0.566. The van der Waals surface area contributed by atoms with Gasteiger partial charge in [-0.1, -0.05) is 22.0 Å². The zero-order valence-electron chi connectivity index (χ0n) is 12.7. The van der Waals surface area contributed by atoms with Crippen LogP contribution in [0.25, 0.3) is 0 Å². The van der Waals surface area contributed by atoms with Crippen molar-refractivity contribution in [2.24, 2.45) is 0 Å². The van der Waals surface area contributed by atoms with Crippen LogP contribution in [0, 0.1) is 0 Å². The molecule has 1 aliphatic carbocycles. The van der Waals surface area contributed by atoms with Crippen LogP contribution in [-0.4, -0.2) is 31.1 Å². The lowest BCUT2D eigenvalue weighted by atomic mass is 10.1. The molecule has 0 aromatic heterocycles. The molecule has 0 amide bonds. The Morgan fingerprint density at radius 3 is 2.85 bits per heavy atom. The highest BCUT2D eigenvalue weighted by atomic mass is 79.9. The number of hydrogen-bond acceptors (Lipinski definition) is 3. The minimum Gasteiger partial charge on any atom is -0.372 e. The van der Waals surface area contributed by atoms with E-state index >= 15 is 0 Å². The van der Waals surface area contributed by atoms with Crippen LogP contribution in [0.3, 0.4) is 0 Å². The maximum atomic E-state index is 3.62. The highest BCUT2D eigenvalue weighted by molar-refractivity contribution is 9.10. The molecule has 112 valence electrons. The Balaban J connectivity index is 2.07. The van der Waals surface area contributed by atoms with Crippen LogP contribution in [0.1, 0.15) is 31.7 Å². The monoisotopic (exact) mass is 356 g/mol. The van der Waals surface area contributed by atoms with E-state index in [0.717, 1.165) is 17.1 Å². The summed E-state index contributed by atoms with van der Waals surface area (Å²) in [7, 11) is 2.22. The quantitative estimate of drug-likeness (QED) is 0.748. The van der Waals surface area contributed by atoms with Crippen LogP contribution in [0.5, 0.6) is 0 Å². The summed E-state index contributed by atoms with van der Waals surface area (Å²) in [5.74, 6) is 1.22. The minimum atomic E-state index is 0.566. The predicted molar refractivity (Wildman–Crippen MR) is 94.9 cm³/mol. The van der Waals surface area contributed by atoms with Crippen LogP contribution < -0.4 is 10.2 Å². The van der Waals surface area contributed by atoms with Crippen molar-refractivity contribution in [3.05, 3.63) is 28.2 Å². The third-order valence-electron chi connectivity index (χ3n) is 3.99. The predicted octanol–water partition coefficient (Wildman–Crippen LogP) is 4.28. The molecule has 1 atom stereocenters. The molecule has 1 aromatic carbocycles. The lowest BCUT2D eigenvalue weighted by Gasteiger charge is -2.29. The van der Waals surface area contributed by atoms with Crippen LogP contribution in [0.4, 0.5) is 5.69 Å². The van der Waals surface area contributed by atoms with Crippen molar-refractivity contribution in [2.45, 2.75) is 44.8 Å². The summed E-state index contributed by atoms with van der Waals surface area (Å²) in [5, 5.41) is 3.62. The molecular formula is C16H25BrN2S. The van der Waals surface area contributed by atoms with Gasteiger partial charge in [-0.3, -0.25) is 0 Å². The second kappa shape index (κ2) is 7.71. The van der Waals surface area contributed by atoms with E-state index in [2.05, 4.69) is 64.6 Å². The molecule has 20 heavy (non-hydrogen) atoms. The number of benzene rings is 1. The van der Waals surface area contributed by atoms with E-state index in [-0.39, 0.29) is 0 Å². The molecule has 4 heteroatoms. The van der Waals surface area contributed by atoms with E-state index in [1.165, 1.54) is 36.3 Å². The highest BCUT2D eigenvalue weighted by Crippen LogP contribution is 2.28. The Morgan fingerprint density at radius 2 is 2.20 bits per heavy atom. The van der Waals surface area contributed by atoms with E-state index in [9.17, 15) is 0 Å². The maximum absolute atomic E-state index is 3.62. The Morgan fingerprint density at radius 1 is 1.45 bits per heavy atom. The molecule has 0 radical (unpaired) electrons. The number of rotatable bonds is 8. The van der Waals surface area contributed by atoms with Crippen LogP contribution in [0.15, 0.2) is 22.7 Å². The number of anilines is 1. The van der Waals surface area contributed by atoms with Crippen LogP contribution in [0.2, 0.25) is 0 Å². The molecule has 1 N–H and O–H groups in total. The molecule has 1 saturated carbocycles. The number of thioether (sulfide) groups is 1. The molecule has 0 heterocycles. The van der Waals surface area contributed by atoms with Crippen molar-refractivity contribution >= 4 is 33.4 Å². The Bertz CT molecular complexity index is 434. The molecule has 1 aliphatic rings. The molecule has 1 unspecified atom stereocenters. The smallest absolute Gasteiger partial charge is 0.0422 e. The fourth-order valence-corrected chi connectivity index (χ4v) is 3.20. The topological polar surface area (TPSA) is 15.3 Å². The van der Waals surface area contributed by atoms with Gasteiger partial charge < -0.3 is 10.2 Å². The van der Waals surface area contributed by atoms with E-state index in [0.29, 0.717) is 6.04 Å². The fraction of sp³-hybridized carbons (Fsp3) is 0.625. The summed E-state index contributed by atoms with van der Waals surface area (Å²) >= 11 is 5.53. The van der Waals surface area contributed by atoms with Gasteiger partial charge in [0.2, 0.25) is 0 Å². The third kappa shape index (κ3) is 4.68. The zero-order valence-corrected chi connectivity index (χ0v) is 15.1. The largest absolute Gasteiger partial charge is 0.372 e. The van der Waals surface area contributed by atoms with Crippen molar-refractivity contribution in [3.63, 3.8) is 0 Å². The second-order valence-electron chi connectivity index (χ2n) is 5.67. The first-order chi connectivity index (χ1) is 9.61. The van der Waals surface area contributed by atoms with Crippen LogP contribution >= 0.6 is 27.7 Å². The van der Waals surface area contributed by atoms with E-state index in [1.54, 1.807) is 0 Å². The number of nitrogens with one attached hydrogen (secondary N) is 1. The van der Waals surface area contributed by atoms with Crippen molar-refractivity contribution in [1.29, 1.82) is 0 Å². The molecule has 2 rings (SSSR count). The van der Waals surface area contributed by atoms with Gasteiger partial charge >= 0.3 is 0 Å².